The second-order valence-electron chi connectivity index (χ2n) is 7.42. The molecule has 0 spiro atoms. The number of H-pyrrole nitrogens is 1. The summed E-state index contributed by atoms with van der Waals surface area (Å²) < 4.78 is 50.0. The largest absolute Gasteiger partial charge is 0.494 e. The van der Waals surface area contributed by atoms with Gasteiger partial charge in [-0.2, -0.15) is 4.98 Å². The third-order valence-corrected chi connectivity index (χ3v) is 6.72. The van der Waals surface area contributed by atoms with E-state index in [-0.39, 0.29) is 62.0 Å². The fraction of sp³-hybridized carbons (Fsp3) is 0.429. The normalized spacial score (nSPS) is 13.1. The number of benzene rings is 1. The Bertz CT molecular complexity index is 1280. The molecule has 190 valence electrons. The fourth-order valence-corrected chi connectivity index (χ4v) is 4.36. The molecular weight excluding hydrogens is 484 g/mol. The molecule has 1 unspecified atom stereocenters. The van der Waals surface area contributed by atoms with Crippen LogP contribution in [0.1, 0.15) is 18.9 Å². The molecule has 0 amide bonds. The summed E-state index contributed by atoms with van der Waals surface area (Å²) in [7, 11) is -2.38. The number of imidazole rings is 1. The third-order valence-electron chi connectivity index (χ3n) is 4.94. The van der Waals surface area contributed by atoms with E-state index in [0.29, 0.717) is 17.8 Å². The minimum Gasteiger partial charge on any atom is -0.494 e. The zero-order chi connectivity index (χ0) is 25.4. The van der Waals surface area contributed by atoms with Gasteiger partial charge in [0.25, 0.3) is 5.56 Å². The molecule has 0 aliphatic carbocycles. The zero-order valence-electron chi connectivity index (χ0n) is 19.4. The summed E-state index contributed by atoms with van der Waals surface area (Å²) in [5.41, 5.74) is 6.03. The van der Waals surface area contributed by atoms with Crippen molar-refractivity contribution in [3.8, 4) is 5.75 Å². The Morgan fingerprint density at radius 2 is 2.09 bits per heavy atom. The minimum absolute atomic E-state index is 0.00263. The van der Waals surface area contributed by atoms with E-state index in [2.05, 4.69) is 15.0 Å². The van der Waals surface area contributed by atoms with Gasteiger partial charge in [-0.25, -0.2) is 9.37 Å². The van der Waals surface area contributed by atoms with Crippen LogP contribution in [0.5, 0.6) is 5.75 Å². The van der Waals surface area contributed by atoms with Crippen LogP contribution in [0.2, 0.25) is 0 Å². The Labute approximate surface area is 200 Å². The van der Waals surface area contributed by atoms with Crippen molar-refractivity contribution < 1.29 is 32.3 Å². The lowest BCUT2D eigenvalue weighted by molar-refractivity contribution is -0.121. The number of halogens is 1. The lowest BCUT2D eigenvalue weighted by Crippen LogP contribution is -2.14. The van der Waals surface area contributed by atoms with Gasteiger partial charge in [0, 0.05) is 13.0 Å². The molecule has 12 nitrogen and oxygen atoms in total. The summed E-state index contributed by atoms with van der Waals surface area (Å²) in [6.45, 7) is 1.58. The SMILES string of the molecule is CCC(=O)COP(=O)(CCOCCn1cnc2c(=O)[nH]c(N)nc21)OCc1ccc(OC)c(F)c1. The molecule has 14 heteroatoms. The summed E-state index contributed by atoms with van der Waals surface area (Å²) in [4.78, 5) is 34.0. The maximum atomic E-state index is 13.9. The van der Waals surface area contributed by atoms with Gasteiger partial charge in [0.15, 0.2) is 28.5 Å². The van der Waals surface area contributed by atoms with Crippen LogP contribution >= 0.6 is 7.60 Å². The van der Waals surface area contributed by atoms with E-state index in [9.17, 15) is 18.5 Å². The zero-order valence-corrected chi connectivity index (χ0v) is 20.3. The van der Waals surface area contributed by atoms with E-state index in [0.717, 1.165) is 0 Å². The number of ketones is 1. The highest BCUT2D eigenvalue weighted by Crippen LogP contribution is 2.48. The van der Waals surface area contributed by atoms with Crippen LogP contribution in [-0.2, 0) is 36.3 Å². The van der Waals surface area contributed by atoms with Crippen LogP contribution in [0.25, 0.3) is 11.2 Å². The fourth-order valence-electron chi connectivity index (χ4n) is 2.99. The summed E-state index contributed by atoms with van der Waals surface area (Å²) in [6, 6.07) is 4.21. The molecule has 1 aromatic carbocycles. The number of ether oxygens (including phenoxy) is 2. The summed E-state index contributed by atoms with van der Waals surface area (Å²) in [5.74, 6) is -0.778. The van der Waals surface area contributed by atoms with Gasteiger partial charge in [-0.3, -0.25) is 19.1 Å². The number of anilines is 1. The van der Waals surface area contributed by atoms with Gasteiger partial charge in [-0.15, -0.1) is 0 Å². The molecule has 2 aromatic heterocycles. The molecule has 0 saturated heterocycles. The number of hydrogen-bond donors (Lipinski definition) is 2. The number of nitrogens with two attached hydrogens (primary N) is 1. The quantitative estimate of drug-likeness (QED) is 0.243. The lowest BCUT2D eigenvalue weighted by Gasteiger charge is -2.18. The van der Waals surface area contributed by atoms with Crippen LogP contribution in [-0.4, -0.2) is 58.4 Å². The van der Waals surface area contributed by atoms with E-state index in [1.165, 1.54) is 25.6 Å². The van der Waals surface area contributed by atoms with Gasteiger partial charge in [0.1, 0.15) is 6.61 Å². The van der Waals surface area contributed by atoms with Crippen molar-refractivity contribution in [2.45, 2.75) is 26.5 Å². The molecule has 35 heavy (non-hydrogen) atoms. The van der Waals surface area contributed by atoms with Crippen molar-refractivity contribution in [3.05, 3.63) is 46.3 Å². The molecule has 0 radical (unpaired) electrons. The smallest absolute Gasteiger partial charge is 0.333 e. The Balaban J connectivity index is 1.56. The van der Waals surface area contributed by atoms with Gasteiger partial charge < -0.3 is 28.8 Å². The standard InChI is InChI=1S/C21H27FN5O7P/c1-3-15(28)12-34-35(30,33-11-14-4-5-17(31-2)16(22)10-14)9-8-32-7-6-27-13-24-18-19(27)25-21(23)26-20(18)29/h4-5,10,13H,3,6-9,11-12H2,1-2H3,(H3,23,25,26,29). The van der Waals surface area contributed by atoms with Crippen molar-refractivity contribution in [2.75, 3.05) is 38.8 Å². The Kier molecular flexibility index (Phi) is 9.10. The second kappa shape index (κ2) is 12.0. The average molecular weight is 511 g/mol. The van der Waals surface area contributed by atoms with E-state index >= 15 is 0 Å². The van der Waals surface area contributed by atoms with Gasteiger partial charge in [0.05, 0.1) is 39.4 Å². The molecule has 2 heterocycles. The number of nitrogens with zero attached hydrogens (tertiary/aromatic N) is 3. The Hall–Kier alpha value is -3.12. The minimum atomic E-state index is -3.73. The maximum Gasteiger partial charge on any atom is 0.333 e. The number of rotatable bonds is 14. The molecule has 0 bridgehead atoms. The maximum absolute atomic E-state index is 13.9. The summed E-state index contributed by atoms with van der Waals surface area (Å²) >= 11 is 0. The first-order valence-corrected chi connectivity index (χ1v) is 12.5. The number of carbonyl (C=O) groups is 1. The van der Waals surface area contributed by atoms with E-state index in [1.807, 2.05) is 0 Å². The predicted octanol–water partition coefficient (Wildman–Crippen LogP) is 2.27. The highest BCUT2D eigenvalue weighted by atomic mass is 31.2. The first kappa shape index (κ1) is 26.5. The van der Waals surface area contributed by atoms with E-state index < -0.39 is 19.0 Å². The second-order valence-corrected chi connectivity index (χ2v) is 9.60. The number of nitrogens with one attached hydrogen (secondary N) is 1. The first-order valence-electron chi connectivity index (χ1n) is 10.7. The average Bonchev–Trinajstić information content (AvgIpc) is 3.24. The van der Waals surface area contributed by atoms with Gasteiger partial charge in [0.2, 0.25) is 5.95 Å². The molecule has 1 atom stereocenters. The Morgan fingerprint density at radius 1 is 1.29 bits per heavy atom. The van der Waals surface area contributed by atoms with Crippen molar-refractivity contribution in [1.29, 1.82) is 0 Å². The number of aromatic amines is 1. The summed E-state index contributed by atoms with van der Waals surface area (Å²) in [6.07, 6.45) is 1.54. The molecule has 0 saturated carbocycles. The number of aromatic nitrogens is 4. The molecule has 3 N–H and O–H groups in total. The highest BCUT2D eigenvalue weighted by molar-refractivity contribution is 7.53. The van der Waals surface area contributed by atoms with Gasteiger partial charge in [-0.05, 0) is 17.7 Å². The van der Waals surface area contributed by atoms with Crippen LogP contribution in [0.3, 0.4) is 0 Å². The Morgan fingerprint density at radius 3 is 2.80 bits per heavy atom. The van der Waals surface area contributed by atoms with Crippen LogP contribution < -0.4 is 16.0 Å². The molecule has 3 aromatic rings. The van der Waals surface area contributed by atoms with Crippen molar-refractivity contribution in [2.24, 2.45) is 0 Å². The topological polar surface area (TPSA) is 161 Å². The van der Waals surface area contributed by atoms with Crippen LogP contribution in [0, 0.1) is 5.82 Å². The number of fused-ring (bicyclic) bond motifs is 1. The predicted molar refractivity (Wildman–Crippen MR) is 125 cm³/mol. The van der Waals surface area contributed by atoms with Crippen molar-refractivity contribution in [3.63, 3.8) is 0 Å². The number of hydrogen-bond acceptors (Lipinski definition) is 10. The van der Waals surface area contributed by atoms with E-state index in [4.69, 9.17) is 24.3 Å². The molecule has 0 fully saturated rings. The highest BCUT2D eigenvalue weighted by Gasteiger charge is 2.26. The monoisotopic (exact) mass is 511 g/mol. The van der Waals surface area contributed by atoms with Crippen LogP contribution in [0.4, 0.5) is 10.3 Å². The third kappa shape index (κ3) is 7.18. The number of methoxy groups -OCH3 is 1. The molecule has 0 aliphatic rings. The first-order chi connectivity index (χ1) is 16.7. The van der Waals surface area contributed by atoms with Gasteiger partial charge >= 0.3 is 7.60 Å². The number of nitrogen functional groups attached to an aromatic ring is 1. The number of Topliss-reactive ketones (excluding diaryl/α,β-unsaturated/α-hetero) is 1. The van der Waals surface area contributed by atoms with Gasteiger partial charge in [-0.1, -0.05) is 13.0 Å². The molecule has 0 aliphatic heterocycles. The summed E-state index contributed by atoms with van der Waals surface area (Å²) in [5, 5.41) is 0. The van der Waals surface area contributed by atoms with Crippen molar-refractivity contribution >= 4 is 30.5 Å². The number of carbonyl (C=O) groups excluding carboxylic acids is 1. The lowest BCUT2D eigenvalue weighted by atomic mass is 10.2. The molecule has 3 rings (SSSR count). The van der Waals surface area contributed by atoms with Crippen LogP contribution in [0.15, 0.2) is 29.3 Å². The molecular formula is C21H27FN5O7P. The van der Waals surface area contributed by atoms with Crippen molar-refractivity contribution in [1.82, 2.24) is 19.5 Å². The van der Waals surface area contributed by atoms with E-state index in [1.54, 1.807) is 17.6 Å².